The van der Waals surface area contributed by atoms with E-state index in [1.54, 1.807) is 17.1 Å². The Morgan fingerprint density at radius 2 is 1.58 bits per heavy atom. The number of esters is 1. The van der Waals surface area contributed by atoms with Crippen LogP contribution in [0.4, 0.5) is 0 Å². The van der Waals surface area contributed by atoms with Gasteiger partial charge in [-0.3, -0.25) is 24.2 Å². The molecular formula is C26H35ClN2O12P2. The van der Waals surface area contributed by atoms with Gasteiger partial charge >= 0.3 is 21.2 Å². The lowest BCUT2D eigenvalue weighted by atomic mass is 10.0. The zero-order valence-electron chi connectivity index (χ0n) is 23.2. The fraction of sp³-hybridized carbons (Fsp3) is 0.462. The number of carbonyl (C=O) groups is 2. The number of nitrogens with one attached hydrogen (secondary N) is 1. The van der Waals surface area contributed by atoms with Gasteiger partial charge in [0, 0.05) is 24.7 Å². The van der Waals surface area contributed by atoms with E-state index < -0.39 is 39.6 Å². The molecule has 0 radical (unpaired) electrons. The molecule has 14 nitrogen and oxygen atoms in total. The van der Waals surface area contributed by atoms with E-state index in [0.29, 0.717) is 32.4 Å². The molecule has 1 aromatic carbocycles. The molecule has 238 valence electrons. The van der Waals surface area contributed by atoms with Crippen LogP contribution < -0.4 is 15.0 Å². The molecule has 2 aliphatic rings. The minimum atomic E-state index is -4.74. The number of fused-ring (bicyclic) bond motifs is 1. The fourth-order valence-corrected chi connectivity index (χ4v) is 4.99. The van der Waals surface area contributed by atoms with Crippen molar-refractivity contribution in [1.82, 2.24) is 10.4 Å². The van der Waals surface area contributed by atoms with Crippen molar-refractivity contribution < 1.29 is 57.3 Å². The molecule has 17 heteroatoms. The van der Waals surface area contributed by atoms with Crippen molar-refractivity contribution >= 4 is 44.7 Å². The fourth-order valence-electron chi connectivity index (χ4n) is 4.12. The number of rotatable bonds is 10. The number of benzene rings is 1. The number of ether oxygens (including phenoxy) is 3. The molecule has 2 aliphatic heterocycles. The minimum absolute atomic E-state index is 0.0346. The molecule has 0 unspecified atom stereocenters. The van der Waals surface area contributed by atoms with E-state index in [9.17, 15) is 38.3 Å². The van der Waals surface area contributed by atoms with Crippen LogP contribution in [-0.4, -0.2) is 75.3 Å². The number of halogens is 1. The summed E-state index contributed by atoms with van der Waals surface area (Å²) in [6.45, 7) is 0.947. The molecule has 1 amide bonds. The molecule has 0 spiro atoms. The first-order valence-electron chi connectivity index (χ1n) is 13.4. The predicted molar refractivity (Wildman–Crippen MR) is 156 cm³/mol. The zero-order valence-corrected chi connectivity index (χ0v) is 25.8. The third kappa shape index (κ3) is 12.1. The van der Waals surface area contributed by atoms with Crippen LogP contribution in [0.1, 0.15) is 54.4 Å². The topological polar surface area (TPSA) is 201 Å². The highest BCUT2D eigenvalue weighted by atomic mass is 35.5. The number of amides is 1. The molecule has 2 heterocycles. The third-order valence-corrected chi connectivity index (χ3v) is 7.41. The molecule has 1 fully saturated rings. The summed E-state index contributed by atoms with van der Waals surface area (Å²) in [7, 11) is -9.42. The van der Waals surface area contributed by atoms with Crippen LogP contribution in [0, 0.1) is 0 Å². The maximum Gasteiger partial charge on any atom is 0.362 e. The molecule has 43 heavy (non-hydrogen) atoms. The molecule has 1 saturated heterocycles. The number of hydroxylamine groups is 1. The minimum Gasteiger partial charge on any atom is -0.480 e. The van der Waals surface area contributed by atoms with Gasteiger partial charge in [-0.15, -0.1) is 0 Å². The molecular weight excluding hydrogens is 630 g/mol. The highest BCUT2D eigenvalue weighted by Crippen LogP contribution is 2.44. The smallest absolute Gasteiger partial charge is 0.362 e. The van der Waals surface area contributed by atoms with Gasteiger partial charge in [-0.2, -0.15) is 0 Å². The normalized spacial score (nSPS) is 18.1. The molecule has 3 rings (SSSR count). The molecule has 0 aliphatic carbocycles. The van der Waals surface area contributed by atoms with Crippen molar-refractivity contribution in [1.29, 1.82) is 0 Å². The SMILES string of the molecule is O=C1OCCC=CCCC=C/C(NOCC(=O)N2CCCCC2)=C/c2c(Cl)c(OCP(=O)(O)O)cc(OCP(=O)(O)O)c21. The summed E-state index contributed by atoms with van der Waals surface area (Å²) in [5.74, 6) is -1.93. The van der Waals surface area contributed by atoms with Gasteiger partial charge < -0.3 is 38.7 Å². The van der Waals surface area contributed by atoms with Crippen molar-refractivity contribution in [3.63, 3.8) is 0 Å². The molecule has 0 atom stereocenters. The van der Waals surface area contributed by atoms with Crippen molar-refractivity contribution in [2.75, 3.05) is 39.0 Å². The van der Waals surface area contributed by atoms with Crippen molar-refractivity contribution in [2.45, 2.75) is 38.5 Å². The van der Waals surface area contributed by atoms with E-state index in [1.807, 2.05) is 12.2 Å². The number of hydrogen-bond donors (Lipinski definition) is 5. The Kier molecular flexibility index (Phi) is 13.3. The van der Waals surface area contributed by atoms with Gasteiger partial charge in [-0.05, 0) is 50.7 Å². The number of nitrogens with zero attached hydrogens (tertiary/aromatic N) is 1. The van der Waals surface area contributed by atoms with Crippen LogP contribution in [0.15, 0.2) is 36.1 Å². The zero-order chi connectivity index (χ0) is 31.5. The van der Waals surface area contributed by atoms with Gasteiger partial charge in [0.1, 0.15) is 17.1 Å². The molecule has 0 saturated carbocycles. The maximum atomic E-state index is 13.3. The lowest BCUT2D eigenvalue weighted by Crippen LogP contribution is -2.39. The second-order valence-electron chi connectivity index (χ2n) is 9.66. The first-order chi connectivity index (χ1) is 20.3. The number of likely N-dealkylation sites (tertiary alicyclic amines) is 1. The van der Waals surface area contributed by atoms with Gasteiger partial charge in [0.15, 0.2) is 19.3 Å². The Bertz CT molecular complexity index is 1330. The summed E-state index contributed by atoms with van der Waals surface area (Å²) in [5, 5.41) is -0.284. The average Bonchev–Trinajstić information content (AvgIpc) is 2.94. The molecule has 0 bridgehead atoms. The first kappa shape index (κ1) is 34.8. The Hall–Kier alpha value is -2.67. The highest BCUT2D eigenvalue weighted by molar-refractivity contribution is 7.51. The summed E-state index contributed by atoms with van der Waals surface area (Å²) in [6, 6.07) is 0.987. The van der Waals surface area contributed by atoms with Crippen molar-refractivity contribution in [3.8, 4) is 11.5 Å². The van der Waals surface area contributed by atoms with Crippen LogP contribution in [0.25, 0.3) is 6.08 Å². The Morgan fingerprint density at radius 1 is 0.953 bits per heavy atom. The molecule has 1 aromatic rings. The van der Waals surface area contributed by atoms with Crippen LogP contribution in [-0.2, 0) is 23.5 Å². The van der Waals surface area contributed by atoms with Crippen LogP contribution in [0.3, 0.4) is 0 Å². The summed E-state index contributed by atoms with van der Waals surface area (Å²) in [5.41, 5.74) is 2.42. The Balaban J connectivity index is 2.07. The molecule has 5 N–H and O–H groups in total. The first-order valence-corrected chi connectivity index (χ1v) is 17.4. The van der Waals surface area contributed by atoms with Gasteiger partial charge in [0.25, 0.3) is 5.91 Å². The highest BCUT2D eigenvalue weighted by Gasteiger charge is 2.28. The third-order valence-electron chi connectivity index (χ3n) is 6.09. The monoisotopic (exact) mass is 664 g/mol. The number of piperidine rings is 1. The van der Waals surface area contributed by atoms with E-state index in [0.717, 1.165) is 25.3 Å². The average molecular weight is 665 g/mol. The van der Waals surface area contributed by atoms with E-state index >= 15 is 0 Å². The second-order valence-corrected chi connectivity index (χ2v) is 13.2. The lowest BCUT2D eigenvalue weighted by Gasteiger charge is -2.26. The van der Waals surface area contributed by atoms with Crippen molar-refractivity contribution in [3.05, 3.63) is 52.2 Å². The van der Waals surface area contributed by atoms with E-state index in [-0.39, 0.29) is 46.7 Å². The van der Waals surface area contributed by atoms with Crippen molar-refractivity contribution in [2.24, 2.45) is 0 Å². The van der Waals surface area contributed by atoms with Gasteiger partial charge in [-0.25, -0.2) is 4.79 Å². The second kappa shape index (κ2) is 16.4. The van der Waals surface area contributed by atoms with Gasteiger partial charge in [0.2, 0.25) is 0 Å². The Morgan fingerprint density at radius 3 is 2.26 bits per heavy atom. The lowest BCUT2D eigenvalue weighted by molar-refractivity contribution is -0.139. The van der Waals surface area contributed by atoms with Crippen LogP contribution >= 0.6 is 26.8 Å². The summed E-state index contributed by atoms with van der Waals surface area (Å²) < 4.78 is 39.0. The van der Waals surface area contributed by atoms with E-state index in [2.05, 4.69) is 5.48 Å². The Labute approximate surface area is 253 Å². The quantitative estimate of drug-likeness (QED) is 0.105. The number of hydrogen-bond acceptors (Lipinski definition) is 9. The predicted octanol–water partition coefficient (Wildman–Crippen LogP) is 3.70. The van der Waals surface area contributed by atoms with E-state index in [4.69, 9.17) is 30.6 Å². The van der Waals surface area contributed by atoms with E-state index in [1.165, 1.54) is 6.08 Å². The molecule has 0 aromatic heterocycles. The maximum absolute atomic E-state index is 13.3. The number of allylic oxidation sites excluding steroid dienone is 3. The van der Waals surface area contributed by atoms with Gasteiger partial charge in [-0.1, -0.05) is 29.8 Å². The summed E-state index contributed by atoms with van der Waals surface area (Å²) in [4.78, 5) is 70.5. The standard InChI is InChI=1S/C26H35ClN2O12P2/c27-25-20-14-19(28-41-16-23(30)29-11-7-5-8-12-29)10-6-3-1-2-4-9-13-38-26(31)24(20)21(39-17-42(32,33)34)15-22(25)40-18-43(35,36)37/h2,4,6,10,14-15,28H,1,3,5,7-9,11-13,16-18H2,(H2,32,33,34)(H2,35,36,37)/b4-2?,10-6?,19-14-. The summed E-state index contributed by atoms with van der Waals surface area (Å²) >= 11 is 6.58. The van der Waals surface area contributed by atoms with Crippen LogP contribution in [0.5, 0.6) is 11.5 Å². The number of carbonyl (C=O) groups excluding carboxylic acids is 2. The largest absolute Gasteiger partial charge is 0.480 e. The number of cyclic esters (lactones) is 1. The van der Waals surface area contributed by atoms with Crippen LogP contribution in [0.2, 0.25) is 5.02 Å². The van der Waals surface area contributed by atoms with Gasteiger partial charge in [0.05, 0.1) is 17.3 Å². The summed E-state index contributed by atoms with van der Waals surface area (Å²) in [6.07, 6.45) is 10.8.